The molecule has 2 aromatic heterocycles. The standard InChI is InChI=1S/C12H17N5O5.HI/c1-16-4-17(9-6(16)10(20)15-12(13)14-9)11-8(21-2)7(19)5(3-18)22-11;/h4-5,7-8,11,18-19H,3H2,1-2H3,(H2-,13,14,15,20);1H/t5-,7-,8-,11-;/m1./s1. The molecule has 0 aliphatic carbocycles. The maximum absolute atomic E-state index is 12.0. The van der Waals surface area contributed by atoms with Crippen LogP contribution in [0.2, 0.25) is 0 Å². The predicted octanol–water partition coefficient (Wildman–Crippen LogP) is -5.60. The maximum Gasteiger partial charge on any atom is 0.313 e. The van der Waals surface area contributed by atoms with Gasteiger partial charge in [-0.1, -0.05) is 4.98 Å². The van der Waals surface area contributed by atoms with Crippen molar-refractivity contribution in [2.24, 2.45) is 7.05 Å². The van der Waals surface area contributed by atoms with Gasteiger partial charge in [-0.2, -0.15) is 0 Å². The average molecular weight is 439 g/mol. The first kappa shape index (κ1) is 18.1. The van der Waals surface area contributed by atoms with E-state index >= 15 is 0 Å². The average Bonchev–Trinajstić information content (AvgIpc) is 2.96. The summed E-state index contributed by atoms with van der Waals surface area (Å²) in [4.78, 5) is 18.6. The van der Waals surface area contributed by atoms with Gasteiger partial charge in [-0.25, -0.2) is 4.57 Å². The lowest BCUT2D eigenvalue weighted by atomic mass is 10.1. The molecule has 4 atom stereocenters. The Morgan fingerprint density at radius 2 is 2.30 bits per heavy atom. The number of hydrogen-bond donors (Lipinski definition) is 4. The van der Waals surface area contributed by atoms with Gasteiger partial charge in [0.25, 0.3) is 11.5 Å². The molecule has 2 aromatic rings. The highest BCUT2D eigenvalue weighted by molar-refractivity contribution is 5.67. The Kier molecular flexibility index (Phi) is 5.25. The molecule has 5 N–H and O–H groups in total. The Labute approximate surface area is 147 Å². The normalized spacial score (nSPS) is 27.3. The number of methoxy groups -OCH3 is 1. The fourth-order valence-corrected chi connectivity index (χ4v) is 2.80. The topological polar surface area (TPSA) is 140 Å². The van der Waals surface area contributed by atoms with Crippen LogP contribution in [-0.2, 0) is 16.5 Å². The Balaban J connectivity index is 0.00000192. The molecule has 1 saturated heterocycles. The number of hydrogen-bond acceptors (Lipinski definition) is 7. The number of ether oxygens (including phenoxy) is 2. The zero-order valence-corrected chi connectivity index (χ0v) is 14.7. The Morgan fingerprint density at radius 3 is 2.91 bits per heavy atom. The van der Waals surface area contributed by atoms with Gasteiger partial charge in [0, 0.05) is 7.11 Å². The number of imidazole rings is 1. The molecule has 0 radical (unpaired) electrons. The molecular weight excluding hydrogens is 421 g/mol. The molecule has 0 aromatic carbocycles. The fraction of sp³-hybridized carbons (Fsp3) is 0.583. The number of fused-ring (bicyclic) bond motifs is 1. The highest BCUT2D eigenvalue weighted by Crippen LogP contribution is 2.28. The molecule has 0 unspecified atom stereocenters. The number of aryl methyl sites for hydroxylation is 1. The summed E-state index contributed by atoms with van der Waals surface area (Å²) < 4.78 is 14.1. The van der Waals surface area contributed by atoms with Crippen LogP contribution < -0.4 is 39.8 Å². The van der Waals surface area contributed by atoms with Crippen LogP contribution in [0.3, 0.4) is 0 Å². The van der Waals surface area contributed by atoms with Gasteiger partial charge in [-0.3, -0.25) is 14.3 Å². The Bertz CT molecular complexity index is 762. The van der Waals surface area contributed by atoms with Gasteiger partial charge in [-0.15, -0.1) is 0 Å². The van der Waals surface area contributed by atoms with E-state index in [0.717, 1.165) is 0 Å². The van der Waals surface area contributed by atoms with Gasteiger partial charge in [0.1, 0.15) is 18.3 Å². The third-order valence-electron chi connectivity index (χ3n) is 3.83. The number of H-pyrrole nitrogens is 1. The van der Waals surface area contributed by atoms with Gasteiger partial charge in [0.05, 0.1) is 13.7 Å². The number of aromatic nitrogens is 4. The maximum atomic E-state index is 12.0. The number of aliphatic hydroxyl groups excluding tert-OH is 2. The summed E-state index contributed by atoms with van der Waals surface area (Å²) in [6, 6.07) is 0. The third-order valence-corrected chi connectivity index (χ3v) is 3.83. The minimum atomic E-state index is -0.998. The molecule has 0 amide bonds. The largest absolute Gasteiger partial charge is 1.00 e. The molecule has 0 bridgehead atoms. The molecule has 11 heteroatoms. The SMILES string of the molecule is CO[C@@H]1[C@H](O)[C@@H](CO)O[C@H]1[n+]1cn(C)c2c(=O)[nH]c(N)nc21.[I-]. The molecule has 1 aliphatic heterocycles. The van der Waals surface area contributed by atoms with Gasteiger partial charge < -0.3 is 49.4 Å². The summed E-state index contributed by atoms with van der Waals surface area (Å²) in [5.74, 6) is -0.0244. The quantitative estimate of drug-likeness (QED) is 0.276. The summed E-state index contributed by atoms with van der Waals surface area (Å²) in [6.45, 7) is -0.348. The molecule has 23 heavy (non-hydrogen) atoms. The summed E-state index contributed by atoms with van der Waals surface area (Å²) in [6.07, 6.45) is -1.63. The Hall–Kier alpha value is -1.28. The lowest BCUT2D eigenvalue weighted by Gasteiger charge is -2.16. The number of anilines is 1. The molecule has 0 saturated carbocycles. The number of aromatic amines is 1. The minimum absolute atomic E-state index is 0. The van der Waals surface area contributed by atoms with Crippen LogP contribution in [0.25, 0.3) is 11.2 Å². The van der Waals surface area contributed by atoms with Crippen LogP contribution in [-0.4, -0.2) is 56.8 Å². The lowest BCUT2D eigenvalue weighted by molar-refractivity contribution is -0.746. The third kappa shape index (κ3) is 2.82. The van der Waals surface area contributed by atoms with E-state index < -0.39 is 24.5 Å². The van der Waals surface area contributed by atoms with Gasteiger partial charge in [0.2, 0.25) is 11.7 Å². The first-order valence-corrected chi connectivity index (χ1v) is 6.71. The lowest BCUT2D eigenvalue weighted by Crippen LogP contribution is -3.00. The summed E-state index contributed by atoms with van der Waals surface area (Å²) >= 11 is 0. The van der Waals surface area contributed by atoms with Crippen molar-refractivity contribution in [3.05, 3.63) is 16.7 Å². The van der Waals surface area contributed by atoms with E-state index in [-0.39, 0.29) is 42.1 Å². The molecule has 1 fully saturated rings. The predicted molar refractivity (Wildman–Crippen MR) is 73.7 cm³/mol. The zero-order chi connectivity index (χ0) is 16.0. The molecular formula is C12H18IN5O5. The molecule has 0 spiro atoms. The van der Waals surface area contributed by atoms with Crippen LogP contribution in [0.5, 0.6) is 0 Å². The first-order valence-electron chi connectivity index (χ1n) is 6.71. The number of rotatable bonds is 3. The second kappa shape index (κ2) is 6.68. The van der Waals surface area contributed by atoms with Gasteiger partial charge in [-0.05, 0) is 0 Å². The van der Waals surface area contributed by atoms with Crippen molar-refractivity contribution in [1.82, 2.24) is 14.5 Å². The molecule has 128 valence electrons. The van der Waals surface area contributed by atoms with Crippen molar-refractivity contribution in [1.29, 1.82) is 0 Å². The van der Waals surface area contributed by atoms with Crippen molar-refractivity contribution in [2.75, 3.05) is 19.5 Å². The molecule has 10 nitrogen and oxygen atoms in total. The van der Waals surface area contributed by atoms with Crippen molar-refractivity contribution in [2.45, 2.75) is 24.5 Å². The second-order valence-corrected chi connectivity index (χ2v) is 5.20. The number of aliphatic hydroxyl groups is 2. The number of nitrogen functional groups attached to an aromatic ring is 1. The van der Waals surface area contributed by atoms with Crippen LogP contribution in [0.15, 0.2) is 11.1 Å². The van der Waals surface area contributed by atoms with E-state index in [0.29, 0.717) is 11.2 Å². The first-order chi connectivity index (χ1) is 10.5. The number of halogens is 1. The van der Waals surface area contributed by atoms with E-state index in [2.05, 4.69) is 9.97 Å². The van der Waals surface area contributed by atoms with E-state index in [9.17, 15) is 15.0 Å². The molecule has 3 rings (SSSR count). The molecule has 3 heterocycles. The summed E-state index contributed by atoms with van der Waals surface area (Å²) in [5, 5.41) is 19.4. The van der Waals surface area contributed by atoms with E-state index in [1.807, 2.05) is 0 Å². The van der Waals surface area contributed by atoms with Crippen LogP contribution in [0.4, 0.5) is 5.95 Å². The number of nitrogens with one attached hydrogen (secondary N) is 1. The van der Waals surface area contributed by atoms with Crippen molar-refractivity contribution >= 4 is 17.1 Å². The smallest absolute Gasteiger partial charge is 0.313 e. The van der Waals surface area contributed by atoms with Gasteiger partial charge >= 0.3 is 5.65 Å². The van der Waals surface area contributed by atoms with Crippen molar-refractivity contribution in [3.8, 4) is 0 Å². The van der Waals surface area contributed by atoms with E-state index in [4.69, 9.17) is 15.2 Å². The van der Waals surface area contributed by atoms with Crippen LogP contribution >= 0.6 is 0 Å². The van der Waals surface area contributed by atoms with E-state index in [1.165, 1.54) is 7.11 Å². The molecule has 1 aliphatic rings. The highest BCUT2D eigenvalue weighted by atomic mass is 127. The highest BCUT2D eigenvalue weighted by Gasteiger charge is 2.47. The monoisotopic (exact) mass is 439 g/mol. The second-order valence-electron chi connectivity index (χ2n) is 5.20. The van der Waals surface area contributed by atoms with Crippen LogP contribution in [0, 0.1) is 0 Å². The number of nitrogens with zero attached hydrogens (tertiary/aromatic N) is 3. The van der Waals surface area contributed by atoms with E-state index in [1.54, 1.807) is 22.5 Å². The Morgan fingerprint density at radius 1 is 1.61 bits per heavy atom. The zero-order valence-electron chi connectivity index (χ0n) is 12.5. The summed E-state index contributed by atoms with van der Waals surface area (Å²) in [5.41, 5.74) is 5.84. The van der Waals surface area contributed by atoms with Crippen LogP contribution in [0.1, 0.15) is 6.23 Å². The minimum Gasteiger partial charge on any atom is -1.00 e. The summed E-state index contributed by atoms with van der Waals surface area (Å²) in [7, 11) is 3.12. The number of nitrogens with two attached hydrogens (primary N) is 1. The van der Waals surface area contributed by atoms with Crippen molar-refractivity contribution < 1.29 is 48.2 Å². The fourth-order valence-electron chi connectivity index (χ4n) is 2.80. The van der Waals surface area contributed by atoms with Gasteiger partial charge in [0.15, 0.2) is 6.33 Å². The van der Waals surface area contributed by atoms with Crippen molar-refractivity contribution in [3.63, 3.8) is 0 Å².